The van der Waals surface area contributed by atoms with Crippen LogP contribution in [0.3, 0.4) is 0 Å². The van der Waals surface area contributed by atoms with E-state index in [1.165, 1.54) is 5.69 Å². The molecule has 8 heteroatoms. The van der Waals surface area contributed by atoms with Crippen LogP contribution in [0.2, 0.25) is 0 Å². The SMILES string of the molecule is CNC(=O)NC(C)Cc1cc(OC)c(OC)cc1C(=N)c1ccc(N2CCNCC2)cc1. The number of ether oxygens (including phenoxy) is 2. The molecule has 172 valence electrons. The van der Waals surface area contributed by atoms with Gasteiger partial charge in [0.1, 0.15) is 0 Å². The first kappa shape index (κ1) is 23.4. The van der Waals surface area contributed by atoms with Crippen molar-refractivity contribution in [2.45, 2.75) is 19.4 Å². The molecule has 1 heterocycles. The molecule has 2 amide bonds. The van der Waals surface area contributed by atoms with Gasteiger partial charge < -0.3 is 30.3 Å². The van der Waals surface area contributed by atoms with Gasteiger partial charge in [0.05, 0.1) is 19.9 Å². The van der Waals surface area contributed by atoms with E-state index in [0.29, 0.717) is 23.6 Å². The fourth-order valence-electron chi connectivity index (χ4n) is 3.92. The monoisotopic (exact) mass is 439 g/mol. The van der Waals surface area contributed by atoms with Crippen molar-refractivity contribution in [3.63, 3.8) is 0 Å². The van der Waals surface area contributed by atoms with Crippen LogP contribution in [0.1, 0.15) is 23.6 Å². The van der Waals surface area contributed by atoms with E-state index in [9.17, 15) is 4.79 Å². The Kier molecular flexibility index (Phi) is 7.94. The summed E-state index contributed by atoms with van der Waals surface area (Å²) in [5.74, 6) is 1.17. The fraction of sp³-hybridized carbons (Fsp3) is 0.417. The van der Waals surface area contributed by atoms with Crippen LogP contribution in [0.4, 0.5) is 10.5 Å². The number of carbonyl (C=O) groups is 1. The quantitative estimate of drug-likeness (QED) is 0.474. The van der Waals surface area contributed by atoms with Crippen molar-refractivity contribution >= 4 is 17.4 Å². The number of rotatable bonds is 8. The Bertz CT molecular complexity index is 939. The first-order valence-corrected chi connectivity index (χ1v) is 10.8. The maximum absolute atomic E-state index is 11.7. The lowest BCUT2D eigenvalue weighted by Crippen LogP contribution is -2.43. The molecule has 4 N–H and O–H groups in total. The number of nitrogens with one attached hydrogen (secondary N) is 4. The van der Waals surface area contributed by atoms with E-state index < -0.39 is 0 Å². The van der Waals surface area contributed by atoms with Gasteiger partial charge in [-0.25, -0.2) is 4.79 Å². The molecule has 1 unspecified atom stereocenters. The third-order valence-corrected chi connectivity index (χ3v) is 5.65. The first-order valence-electron chi connectivity index (χ1n) is 10.8. The number of methoxy groups -OCH3 is 2. The highest BCUT2D eigenvalue weighted by Gasteiger charge is 2.19. The molecule has 0 aliphatic carbocycles. The van der Waals surface area contributed by atoms with Crippen molar-refractivity contribution in [1.29, 1.82) is 5.41 Å². The fourth-order valence-corrected chi connectivity index (χ4v) is 3.92. The van der Waals surface area contributed by atoms with Gasteiger partial charge in [0.15, 0.2) is 11.5 Å². The van der Waals surface area contributed by atoms with Gasteiger partial charge in [0, 0.05) is 56.1 Å². The second-order valence-electron chi connectivity index (χ2n) is 7.85. The molecule has 1 fully saturated rings. The maximum Gasteiger partial charge on any atom is 0.314 e. The lowest BCUT2D eigenvalue weighted by Gasteiger charge is -2.29. The normalized spacial score (nSPS) is 14.4. The molecule has 2 aromatic rings. The number of nitrogens with zero attached hydrogens (tertiary/aromatic N) is 1. The highest BCUT2D eigenvalue weighted by Crippen LogP contribution is 2.32. The van der Waals surface area contributed by atoms with E-state index in [-0.39, 0.29) is 12.1 Å². The van der Waals surface area contributed by atoms with Crippen molar-refractivity contribution in [3.05, 3.63) is 53.1 Å². The summed E-state index contributed by atoms with van der Waals surface area (Å²) < 4.78 is 11.0. The Morgan fingerprint density at radius 1 is 1.12 bits per heavy atom. The number of carbonyl (C=O) groups excluding carboxylic acids is 1. The van der Waals surface area contributed by atoms with Crippen LogP contribution in [0.15, 0.2) is 36.4 Å². The summed E-state index contributed by atoms with van der Waals surface area (Å²) in [7, 11) is 4.76. The summed E-state index contributed by atoms with van der Waals surface area (Å²) >= 11 is 0. The van der Waals surface area contributed by atoms with Gasteiger partial charge in [-0.1, -0.05) is 12.1 Å². The molecule has 3 rings (SSSR count). The highest BCUT2D eigenvalue weighted by molar-refractivity contribution is 6.12. The minimum Gasteiger partial charge on any atom is -0.493 e. The summed E-state index contributed by atoms with van der Waals surface area (Å²) in [6.07, 6.45) is 0.546. The number of piperazine rings is 1. The number of urea groups is 1. The van der Waals surface area contributed by atoms with E-state index in [4.69, 9.17) is 14.9 Å². The third kappa shape index (κ3) is 5.50. The summed E-state index contributed by atoms with van der Waals surface area (Å²) in [4.78, 5) is 14.1. The number of benzene rings is 2. The molecular weight excluding hydrogens is 406 g/mol. The van der Waals surface area contributed by atoms with Gasteiger partial charge in [-0.05, 0) is 43.2 Å². The van der Waals surface area contributed by atoms with Gasteiger partial charge in [-0.15, -0.1) is 0 Å². The van der Waals surface area contributed by atoms with Gasteiger partial charge >= 0.3 is 6.03 Å². The molecule has 1 atom stereocenters. The standard InChI is InChI=1S/C24H33N5O3/c1-16(28-24(30)26-2)13-18-14-21(31-3)22(32-4)15-20(18)23(25)17-5-7-19(8-6-17)29-11-9-27-10-12-29/h5-8,14-16,25,27H,9-13H2,1-4H3,(H2,26,28,30). The Labute approximate surface area is 189 Å². The van der Waals surface area contributed by atoms with Crippen molar-refractivity contribution in [3.8, 4) is 11.5 Å². The first-order chi connectivity index (χ1) is 15.5. The van der Waals surface area contributed by atoms with Gasteiger partial charge in [-0.2, -0.15) is 0 Å². The minimum absolute atomic E-state index is 0.130. The number of hydrogen-bond acceptors (Lipinski definition) is 6. The zero-order valence-electron chi connectivity index (χ0n) is 19.2. The van der Waals surface area contributed by atoms with Crippen molar-refractivity contribution < 1.29 is 14.3 Å². The molecule has 0 saturated carbocycles. The van der Waals surface area contributed by atoms with Crippen molar-refractivity contribution in [1.82, 2.24) is 16.0 Å². The predicted molar refractivity (Wildman–Crippen MR) is 128 cm³/mol. The van der Waals surface area contributed by atoms with E-state index in [1.54, 1.807) is 21.3 Å². The van der Waals surface area contributed by atoms with Crippen LogP contribution >= 0.6 is 0 Å². The Hall–Kier alpha value is -3.26. The van der Waals surface area contributed by atoms with E-state index in [0.717, 1.165) is 42.9 Å². The molecular formula is C24H33N5O3. The summed E-state index contributed by atoms with van der Waals surface area (Å²) in [5, 5.41) is 17.8. The van der Waals surface area contributed by atoms with Crippen LogP contribution in [-0.4, -0.2) is 65.2 Å². The smallest absolute Gasteiger partial charge is 0.314 e. The van der Waals surface area contributed by atoms with Crippen LogP contribution < -0.4 is 30.3 Å². The molecule has 1 saturated heterocycles. The van der Waals surface area contributed by atoms with Crippen molar-refractivity contribution in [2.75, 3.05) is 52.3 Å². The van der Waals surface area contributed by atoms with Crippen molar-refractivity contribution in [2.24, 2.45) is 0 Å². The third-order valence-electron chi connectivity index (χ3n) is 5.65. The molecule has 2 aromatic carbocycles. The van der Waals surface area contributed by atoms with Crippen LogP contribution in [0.25, 0.3) is 0 Å². The number of amides is 2. The lowest BCUT2D eigenvalue weighted by molar-refractivity contribution is 0.240. The average Bonchev–Trinajstić information content (AvgIpc) is 2.83. The van der Waals surface area contributed by atoms with Crippen LogP contribution in [0.5, 0.6) is 11.5 Å². The van der Waals surface area contributed by atoms with Gasteiger partial charge in [0.25, 0.3) is 0 Å². The van der Waals surface area contributed by atoms with E-state index in [1.807, 2.05) is 31.2 Å². The molecule has 1 aliphatic heterocycles. The minimum atomic E-state index is -0.238. The van der Waals surface area contributed by atoms with E-state index >= 15 is 0 Å². The molecule has 0 radical (unpaired) electrons. The molecule has 8 nitrogen and oxygen atoms in total. The molecule has 0 bridgehead atoms. The van der Waals surface area contributed by atoms with E-state index in [2.05, 4.69) is 33.0 Å². The molecule has 1 aliphatic rings. The molecule has 0 aromatic heterocycles. The summed E-state index contributed by atoms with van der Waals surface area (Å²) in [6.45, 7) is 5.85. The topological polar surface area (TPSA) is 98.7 Å². The average molecular weight is 440 g/mol. The summed E-state index contributed by atoms with van der Waals surface area (Å²) in [6, 6.07) is 11.5. The summed E-state index contributed by atoms with van der Waals surface area (Å²) in [5.41, 5.74) is 4.05. The lowest BCUT2D eigenvalue weighted by atomic mass is 9.93. The Morgan fingerprint density at radius 2 is 1.75 bits per heavy atom. The van der Waals surface area contributed by atoms with Crippen LogP contribution in [0, 0.1) is 5.41 Å². The number of anilines is 1. The second-order valence-corrected chi connectivity index (χ2v) is 7.85. The molecule has 0 spiro atoms. The van der Waals surface area contributed by atoms with Crippen LogP contribution in [-0.2, 0) is 6.42 Å². The zero-order valence-corrected chi connectivity index (χ0v) is 19.2. The Morgan fingerprint density at radius 3 is 2.34 bits per heavy atom. The largest absolute Gasteiger partial charge is 0.493 e. The highest BCUT2D eigenvalue weighted by atomic mass is 16.5. The Balaban J connectivity index is 1.89. The maximum atomic E-state index is 11.7. The second kappa shape index (κ2) is 10.9. The predicted octanol–water partition coefficient (Wildman–Crippen LogP) is 2.39. The van der Waals surface area contributed by atoms with Gasteiger partial charge in [0.2, 0.25) is 0 Å². The molecule has 32 heavy (non-hydrogen) atoms. The number of hydrogen-bond donors (Lipinski definition) is 4. The van der Waals surface area contributed by atoms with Gasteiger partial charge in [-0.3, -0.25) is 5.41 Å². The zero-order chi connectivity index (χ0) is 23.1.